The van der Waals surface area contributed by atoms with Crippen LogP contribution in [0.25, 0.3) is 0 Å². The van der Waals surface area contributed by atoms with Gasteiger partial charge in [-0.3, -0.25) is 15.0 Å². The molecule has 1 N–H and O–H groups in total. The highest BCUT2D eigenvalue weighted by molar-refractivity contribution is 5.40. The van der Waals surface area contributed by atoms with E-state index in [1.807, 2.05) is 97.1 Å². The molecule has 0 unspecified atom stereocenters. The molecule has 0 saturated heterocycles. The number of aliphatic hydroxyl groups excluding tert-OH is 1. The van der Waals surface area contributed by atoms with E-state index in [9.17, 15) is 15.2 Å². The molecule has 0 aliphatic heterocycles. The van der Waals surface area contributed by atoms with Crippen LogP contribution in [0.15, 0.2) is 133 Å². The van der Waals surface area contributed by atoms with Gasteiger partial charge in [0.05, 0.1) is 11.0 Å². The molecule has 230 valence electrons. The molecule has 2 atom stereocenters. The fraction of sp³-hybridized carbons (Fsp3) is 0.211. The number of aliphatic hydroxyl groups is 1. The van der Waals surface area contributed by atoms with Gasteiger partial charge in [-0.25, -0.2) is 0 Å². The first-order valence-electron chi connectivity index (χ1n) is 15.1. The Hall–Kier alpha value is -4.98. The van der Waals surface area contributed by atoms with E-state index in [0.717, 1.165) is 22.3 Å². The van der Waals surface area contributed by atoms with E-state index >= 15 is 0 Å². The normalized spacial score (nSPS) is 12.4. The van der Waals surface area contributed by atoms with Crippen LogP contribution in [-0.4, -0.2) is 27.5 Å². The third-order valence-corrected chi connectivity index (χ3v) is 7.72. The van der Waals surface area contributed by atoms with Crippen LogP contribution in [0.5, 0.6) is 11.5 Å². The molecule has 0 saturated carbocycles. The van der Waals surface area contributed by atoms with Gasteiger partial charge in [0.15, 0.2) is 0 Å². The topological polar surface area (TPSA) is 85.1 Å². The van der Waals surface area contributed by atoms with Crippen LogP contribution >= 0.6 is 0 Å². The van der Waals surface area contributed by atoms with E-state index in [1.54, 1.807) is 12.1 Å². The van der Waals surface area contributed by atoms with Crippen LogP contribution in [0, 0.1) is 10.1 Å². The summed E-state index contributed by atoms with van der Waals surface area (Å²) in [6.45, 7) is 3.90. The number of hydrogen-bond donors (Lipinski definition) is 1. The predicted molar refractivity (Wildman–Crippen MR) is 176 cm³/mol. The molecule has 0 heterocycles. The third-order valence-electron chi connectivity index (χ3n) is 7.72. The van der Waals surface area contributed by atoms with Crippen LogP contribution in [0.4, 0.5) is 5.69 Å². The van der Waals surface area contributed by atoms with E-state index in [0.29, 0.717) is 49.8 Å². The zero-order valence-electron chi connectivity index (χ0n) is 25.4. The Labute approximate surface area is 264 Å². The van der Waals surface area contributed by atoms with Crippen molar-refractivity contribution >= 4 is 5.69 Å². The second-order valence-electron chi connectivity index (χ2n) is 11.2. The number of nitrogens with zero attached hydrogens (tertiary/aromatic N) is 2. The van der Waals surface area contributed by atoms with E-state index in [1.165, 1.54) is 12.1 Å². The van der Waals surface area contributed by atoms with Gasteiger partial charge in [-0.15, -0.1) is 0 Å². The summed E-state index contributed by atoms with van der Waals surface area (Å²) >= 11 is 0. The number of hydrogen-bond acceptors (Lipinski definition) is 6. The van der Waals surface area contributed by atoms with Gasteiger partial charge in [0.2, 0.25) is 0 Å². The summed E-state index contributed by atoms with van der Waals surface area (Å²) in [5.74, 6) is 1.24. The first-order valence-corrected chi connectivity index (χ1v) is 15.1. The second-order valence-corrected chi connectivity index (χ2v) is 11.2. The van der Waals surface area contributed by atoms with E-state index in [-0.39, 0.29) is 16.7 Å². The lowest BCUT2D eigenvalue weighted by Crippen LogP contribution is -2.37. The summed E-state index contributed by atoms with van der Waals surface area (Å²) in [5, 5.41) is 22.8. The van der Waals surface area contributed by atoms with E-state index < -0.39 is 6.10 Å². The molecule has 0 aliphatic carbocycles. The van der Waals surface area contributed by atoms with Crippen molar-refractivity contribution in [1.29, 1.82) is 0 Å². The smallest absolute Gasteiger partial charge is 0.269 e. The Kier molecular flexibility index (Phi) is 10.9. The number of ether oxygens (including phenoxy) is 2. The maximum Gasteiger partial charge on any atom is 0.269 e. The summed E-state index contributed by atoms with van der Waals surface area (Å²) in [6, 6.07) is 42.4. The largest absolute Gasteiger partial charge is 0.489 e. The first kappa shape index (κ1) is 31.4. The van der Waals surface area contributed by atoms with Gasteiger partial charge < -0.3 is 14.6 Å². The van der Waals surface area contributed by atoms with Gasteiger partial charge in [0.1, 0.15) is 24.7 Å². The minimum atomic E-state index is -0.827. The van der Waals surface area contributed by atoms with Crippen LogP contribution in [0.3, 0.4) is 0 Å². The highest BCUT2D eigenvalue weighted by atomic mass is 16.6. The average Bonchev–Trinajstić information content (AvgIpc) is 3.07. The Morgan fingerprint density at radius 3 is 1.67 bits per heavy atom. The molecule has 0 bridgehead atoms. The van der Waals surface area contributed by atoms with Gasteiger partial charge in [-0.1, -0.05) is 103 Å². The fourth-order valence-electron chi connectivity index (χ4n) is 5.20. The number of nitro groups is 1. The zero-order valence-corrected chi connectivity index (χ0v) is 25.4. The third kappa shape index (κ3) is 9.50. The quantitative estimate of drug-likeness (QED) is 0.0968. The summed E-state index contributed by atoms with van der Waals surface area (Å²) in [4.78, 5) is 13.0. The summed E-state index contributed by atoms with van der Waals surface area (Å²) in [7, 11) is 0. The summed E-state index contributed by atoms with van der Waals surface area (Å²) in [6.07, 6.45) is -0.157. The molecule has 0 aliphatic rings. The molecule has 7 heteroatoms. The Morgan fingerprint density at radius 1 is 0.689 bits per heavy atom. The minimum Gasteiger partial charge on any atom is -0.489 e. The Bertz CT molecular complexity index is 1570. The molecule has 0 amide bonds. The molecule has 7 nitrogen and oxygen atoms in total. The van der Waals surface area contributed by atoms with Gasteiger partial charge in [0.25, 0.3) is 5.69 Å². The molecule has 0 fully saturated rings. The Morgan fingerprint density at radius 2 is 1.18 bits per heavy atom. The number of rotatable bonds is 15. The van der Waals surface area contributed by atoms with E-state index in [4.69, 9.17) is 9.47 Å². The van der Waals surface area contributed by atoms with Gasteiger partial charge >= 0.3 is 0 Å². The van der Waals surface area contributed by atoms with Crippen molar-refractivity contribution in [2.24, 2.45) is 0 Å². The van der Waals surface area contributed by atoms with E-state index in [2.05, 4.69) is 24.0 Å². The van der Waals surface area contributed by atoms with Crippen molar-refractivity contribution in [3.05, 3.63) is 171 Å². The average molecular weight is 603 g/mol. The van der Waals surface area contributed by atoms with Crippen molar-refractivity contribution < 1.29 is 19.5 Å². The molecular formula is C38H38N2O5. The van der Waals surface area contributed by atoms with Crippen LogP contribution in [0.2, 0.25) is 0 Å². The lowest BCUT2D eigenvalue weighted by molar-refractivity contribution is -0.384. The number of nitro benzene ring substituents is 1. The molecule has 5 aromatic rings. The highest BCUT2D eigenvalue weighted by Gasteiger charge is 2.21. The molecule has 0 aromatic heterocycles. The minimum absolute atomic E-state index is 0.0348. The number of non-ortho nitro benzene ring substituents is 1. The molecule has 0 radical (unpaired) electrons. The molecule has 5 rings (SSSR count). The number of benzene rings is 5. The standard InChI is InChI=1S/C38H38N2O5/c1-29(21-30-17-19-35(20-18-30)40(42)43)39(25-31-11-5-2-6-12-31)26-38(41)34-22-36(44-27-32-13-7-3-8-14-32)24-37(23-34)45-28-33-15-9-4-10-16-33/h2-20,22-24,29,38,41H,21,25-28H2,1H3/t29-,38+/m1/s1. The van der Waals surface area contributed by atoms with Crippen molar-refractivity contribution in [2.45, 2.75) is 45.2 Å². The maximum absolute atomic E-state index is 11.7. The maximum atomic E-state index is 11.7. The van der Waals surface area contributed by atoms with Crippen molar-refractivity contribution in [1.82, 2.24) is 4.90 Å². The highest BCUT2D eigenvalue weighted by Crippen LogP contribution is 2.30. The van der Waals surface area contributed by atoms with Crippen LogP contribution < -0.4 is 9.47 Å². The van der Waals surface area contributed by atoms with Crippen molar-refractivity contribution in [3.63, 3.8) is 0 Å². The zero-order chi connectivity index (χ0) is 31.4. The monoisotopic (exact) mass is 602 g/mol. The van der Waals surface area contributed by atoms with Crippen LogP contribution in [0.1, 0.15) is 40.8 Å². The Balaban J connectivity index is 1.36. The second kappa shape index (κ2) is 15.7. The molecule has 45 heavy (non-hydrogen) atoms. The predicted octanol–water partition coefficient (Wildman–Crippen LogP) is 7.92. The molecule has 0 spiro atoms. The molecule has 5 aromatic carbocycles. The molecular weight excluding hydrogens is 564 g/mol. The SMILES string of the molecule is C[C@H](Cc1ccc([N+](=O)[O-])cc1)N(Cc1ccccc1)C[C@H](O)c1cc(OCc2ccccc2)cc(OCc2ccccc2)c1. The van der Waals surface area contributed by atoms with Crippen molar-refractivity contribution in [2.75, 3.05) is 6.54 Å². The van der Waals surface area contributed by atoms with Crippen LogP contribution in [-0.2, 0) is 26.2 Å². The van der Waals surface area contributed by atoms with Crippen molar-refractivity contribution in [3.8, 4) is 11.5 Å². The first-order chi connectivity index (χ1) is 21.9. The van der Waals surface area contributed by atoms with Gasteiger partial charge in [-0.2, -0.15) is 0 Å². The van der Waals surface area contributed by atoms with Gasteiger partial charge in [-0.05, 0) is 53.3 Å². The van der Waals surface area contributed by atoms with Gasteiger partial charge in [0, 0.05) is 37.3 Å². The lowest BCUT2D eigenvalue weighted by atomic mass is 10.0. The fourth-order valence-corrected chi connectivity index (χ4v) is 5.20. The summed E-state index contributed by atoms with van der Waals surface area (Å²) < 4.78 is 12.4. The lowest BCUT2D eigenvalue weighted by Gasteiger charge is -2.31. The summed E-state index contributed by atoms with van der Waals surface area (Å²) in [5.41, 5.74) is 4.99.